The number of rotatable bonds is 4. The molecule has 0 radical (unpaired) electrons. The molecule has 4 nitrogen and oxygen atoms in total. The fourth-order valence-electron chi connectivity index (χ4n) is 1.86. The number of nitrogen functional groups attached to an aromatic ring is 1. The van der Waals surface area contributed by atoms with Crippen LogP contribution in [0.15, 0.2) is 29.9 Å². The van der Waals surface area contributed by atoms with Crippen molar-refractivity contribution in [3.8, 4) is 0 Å². The summed E-state index contributed by atoms with van der Waals surface area (Å²) in [7, 11) is 0. The maximum atomic E-state index is 12.7. The molecule has 0 aliphatic carbocycles. The predicted octanol–water partition coefficient (Wildman–Crippen LogP) is 2.49. The highest BCUT2D eigenvalue weighted by Crippen LogP contribution is 2.33. The molecule has 0 fully saturated rings. The molecule has 0 aliphatic rings. The lowest BCUT2D eigenvalue weighted by Crippen LogP contribution is -2.30. The molecule has 0 spiro atoms. The summed E-state index contributed by atoms with van der Waals surface area (Å²) in [6.07, 6.45) is -2.34. The molecule has 1 unspecified atom stereocenters. The number of anilines is 1. The number of hydrazine groups is 1. The first-order valence-electron chi connectivity index (χ1n) is 5.72. The van der Waals surface area contributed by atoms with Gasteiger partial charge in [-0.05, 0) is 23.8 Å². The average Bonchev–Trinajstić information content (AvgIpc) is 2.88. The Bertz CT molecular complexity index is 569. The largest absolute Gasteiger partial charge is 0.416 e. The van der Waals surface area contributed by atoms with Crippen molar-refractivity contribution < 1.29 is 13.2 Å². The first-order chi connectivity index (χ1) is 9.41. The van der Waals surface area contributed by atoms with Gasteiger partial charge in [-0.25, -0.2) is 0 Å². The Morgan fingerprint density at radius 3 is 2.65 bits per heavy atom. The van der Waals surface area contributed by atoms with E-state index in [1.165, 1.54) is 17.4 Å². The van der Waals surface area contributed by atoms with Gasteiger partial charge in [0.05, 0.1) is 17.1 Å². The van der Waals surface area contributed by atoms with Crippen molar-refractivity contribution in [3.63, 3.8) is 0 Å². The molecule has 1 aromatic heterocycles. The van der Waals surface area contributed by atoms with Crippen LogP contribution in [0.25, 0.3) is 0 Å². The van der Waals surface area contributed by atoms with Crippen molar-refractivity contribution in [2.75, 3.05) is 5.73 Å². The van der Waals surface area contributed by atoms with Crippen LogP contribution >= 0.6 is 11.3 Å². The highest BCUT2D eigenvalue weighted by Gasteiger charge is 2.31. The van der Waals surface area contributed by atoms with E-state index in [1.807, 2.05) is 0 Å². The quantitative estimate of drug-likeness (QED) is 0.461. The van der Waals surface area contributed by atoms with Crippen LogP contribution in [-0.2, 0) is 12.6 Å². The van der Waals surface area contributed by atoms with Crippen LogP contribution in [0.5, 0.6) is 0 Å². The lowest BCUT2D eigenvalue weighted by molar-refractivity contribution is -0.137. The maximum Gasteiger partial charge on any atom is 0.416 e. The van der Waals surface area contributed by atoms with Gasteiger partial charge in [0.15, 0.2) is 0 Å². The number of thiazole rings is 1. The Morgan fingerprint density at radius 1 is 1.35 bits per heavy atom. The van der Waals surface area contributed by atoms with Crippen molar-refractivity contribution in [1.29, 1.82) is 0 Å². The number of hydrogen-bond donors (Lipinski definition) is 3. The molecule has 1 aromatic carbocycles. The SMILES string of the molecule is NNC(Cc1cncs1)c1cc(C(F)(F)F)ccc1N. The number of benzene rings is 1. The number of alkyl halides is 3. The summed E-state index contributed by atoms with van der Waals surface area (Å²) in [5.74, 6) is 5.45. The number of aromatic nitrogens is 1. The molecular formula is C12H13F3N4S. The van der Waals surface area contributed by atoms with Crippen LogP contribution in [0.2, 0.25) is 0 Å². The Balaban J connectivity index is 2.33. The van der Waals surface area contributed by atoms with Gasteiger partial charge in [-0.15, -0.1) is 11.3 Å². The molecule has 20 heavy (non-hydrogen) atoms. The standard InChI is InChI=1S/C12H13F3N4S/c13-12(14,15)7-1-2-10(16)9(3-7)11(19-17)4-8-5-18-6-20-8/h1-3,5-6,11,19H,4,16-17H2. The van der Waals surface area contributed by atoms with Gasteiger partial charge >= 0.3 is 6.18 Å². The molecule has 0 saturated carbocycles. The van der Waals surface area contributed by atoms with Crippen molar-refractivity contribution in [3.05, 3.63) is 45.9 Å². The molecule has 108 valence electrons. The fourth-order valence-corrected chi connectivity index (χ4v) is 2.50. The molecule has 0 aliphatic heterocycles. The molecule has 8 heteroatoms. The lowest BCUT2D eigenvalue weighted by Gasteiger charge is -2.19. The number of hydrogen-bond acceptors (Lipinski definition) is 5. The van der Waals surface area contributed by atoms with Gasteiger partial charge in [-0.2, -0.15) is 13.2 Å². The van der Waals surface area contributed by atoms with Gasteiger partial charge in [0.25, 0.3) is 0 Å². The fraction of sp³-hybridized carbons (Fsp3) is 0.250. The monoisotopic (exact) mass is 302 g/mol. The lowest BCUT2D eigenvalue weighted by atomic mass is 9.99. The van der Waals surface area contributed by atoms with Crippen LogP contribution < -0.4 is 17.0 Å². The topological polar surface area (TPSA) is 77.0 Å². The third kappa shape index (κ3) is 3.27. The molecular weight excluding hydrogens is 289 g/mol. The summed E-state index contributed by atoms with van der Waals surface area (Å²) in [4.78, 5) is 4.83. The minimum Gasteiger partial charge on any atom is -0.398 e. The summed E-state index contributed by atoms with van der Waals surface area (Å²) in [5.41, 5.74) is 9.78. The summed E-state index contributed by atoms with van der Waals surface area (Å²) >= 11 is 1.41. The zero-order chi connectivity index (χ0) is 14.8. The summed E-state index contributed by atoms with van der Waals surface area (Å²) < 4.78 is 38.2. The van der Waals surface area contributed by atoms with Crippen molar-refractivity contribution in [2.24, 2.45) is 5.84 Å². The molecule has 1 atom stereocenters. The molecule has 0 saturated heterocycles. The van der Waals surface area contributed by atoms with Crippen LogP contribution in [0.4, 0.5) is 18.9 Å². The van der Waals surface area contributed by atoms with Gasteiger partial charge in [-0.1, -0.05) is 0 Å². The highest BCUT2D eigenvalue weighted by molar-refractivity contribution is 7.09. The second-order valence-corrected chi connectivity index (χ2v) is 5.20. The normalized spacial score (nSPS) is 13.4. The van der Waals surface area contributed by atoms with Crippen LogP contribution in [0.1, 0.15) is 22.0 Å². The minimum atomic E-state index is -4.41. The molecule has 2 aromatic rings. The zero-order valence-electron chi connectivity index (χ0n) is 10.3. The third-order valence-corrected chi connectivity index (χ3v) is 3.68. The second-order valence-electron chi connectivity index (χ2n) is 4.23. The molecule has 0 bridgehead atoms. The van der Waals surface area contributed by atoms with E-state index < -0.39 is 17.8 Å². The number of halogens is 3. The molecule has 2 rings (SSSR count). The highest BCUT2D eigenvalue weighted by atomic mass is 32.1. The smallest absolute Gasteiger partial charge is 0.398 e. The van der Waals surface area contributed by atoms with Crippen molar-refractivity contribution >= 4 is 17.0 Å². The number of nitrogens with two attached hydrogens (primary N) is 2. The van der Waals surface area contributed by atoms with E-state index in [9.17, 15) is 13.2 Å². The predicted molar refractivity (Wildman–Crippen MR) is 71.7 cm³/mol. The second kappa shape index (κ2) is 5.78. The Labute approximate surface area is 117 Å². The Morgan fingerprint density at radius 2 is 2.10 bits per heavy atom. The average molecular weight is 302 g/mol. The Kier molecular flexibility index (Phi) is 4.26. The zero-order valence-corrected chi connectivity index (χ0v) is 11.1. The molecule has 1 heterocycles. The van der Waals surface area contributed by atoms with E-state index in [4.69, 9.17) is 11.6 Å². The molecule has 0 amide bonds. The van der Waals surface area contributed by atoms with Crippen molar-refractivity contribution in [1.82, 2.24) is 10.4 Å². The van der Waals surface area contributed by atoms with E-state index in [-0.39, 0.29) is 5.69 Å². The first kappa shape index (κ1) is 14.8. The number of nitrogens with zero attached hydrogens (tertiary/aromatic N) is 1. The van der Waals surface area contributed by atoms with Gasteiger partial charge in [0.1, 0.15) is 0 Å². The van der Waals surface area contributed by atoms with Gasteiger partial charge < -0.3 is 5.73 Å². The van der Waals surface area contributed by atoms with Crippen molar-refractivity contribution in [2.45, 2.75) is 18.6 Å². The third-order valence-electron chi connectivity index (χ3n) is 2.88. The van der Waals surface area contributed by atoms with Gasteiger partial charge in [0, 0.05) is 23.2 Å². The Hall–Kier alpha value is -1.64. The summed E-state index contributed by atoms with van der Waals surface area (Å²) in [6.45, 7) is 0. The number of nitrogens with one attached hydrogen (secondary N) is 1. The van der Waals surface area contributed by atoms with Crippen LogP contribution in [-0.4, -0.2) is 4.98 Å². The summed E-state index contributed by atoms with van der Waals surface area (Å²) in [6, 6.07) is 2.73. The molecule has 5 N–H and O–H groups in total. The first-order valence-corrected chi connectivity index (χ1v) is 6.60. The van der Waals surface area contributed by atoms with Crippen LogP contribution in [0.3, 0.4) is 0 Å². The van der Waals surface area contributed by atoms with Gasteiger partial charge in [-0.3, -0.25) is 16.3 Å². The van der Waals surface area contributed by atoms with E-state index >= 15 is 0 Å². The van der Waals surface area contributed by atoms with E-state index in [2.05, 4.69) is 10.4 Å². The van der Waals surface area contributed by atoms with E-state index in [0.717, 1.165) is 17.0 Å². The maximum absolute atomic E-state index is 12.7. The van der Waals surface area contributed by atoms with Gasteiger partial charge in [0.2, 0.25) is 0 Å². The minimum absolute atomic E-state index is 0.269. The summed E-state index contributed by atoms with van der Waals surface area (Å²) in [5, 5.41) is 0. The van der Waals surface area contributed by atoms with Crippen LogP contribution in [0, 0.1) is 0 Å². The van der Waals surface area contributed by atoms with E-state index in [1.54, 1.807) is 11.7 Å². The van der Waals surface area contributed by atoms with E-state index in [0.29, 0.717) is 12.0 Å².